The van der Waals surface area contributed by atoms with Crippen LogP contribution in [0, 0.1) is 11.3 Å². The van der Waals surface area contributed by atoms with E-state index in [-0.39, 0.29) is 5.79 Å². The van der Waals surface area contributed by atoms with Crippen molar-refractivity contribution in [1.29, 1.82) is 5.26 Å². The summed E-state index contributed by atoms with van der Waals surface area (Å²) in [5, 5.41) is 8.91. The lowest BCUT2D eigenvalue weighted by Gasteiger charge is -2.39. The summed E-state index contributed by atoms with van der Waals surface area (Å²) in [5.41, 5.74) is 1.62. The molecule has 2 heterocycles. The molecule has 0 amide bonds. The van der Waals surface area contributed by atoms with Crippen LogP contribution in [-0.2, 0) is 16.0 Å². The molecule has 0 aromatic carbocycles. The van der Waals surface area contributed by atoms with Crippen LogP contribution in [0.1, 0.15) is 36.9 Å². The Labute approximate surface area is 125 Å². The lowest BCUT2D eigenvalue weighted by Crippen LogP contribution is -2.42. The fourth-order valence-electron chi connectivity index (χ4n) is 3.32. The zero-order chi connectivity index (χ0) is 14.7. The highest BCUT2D eigenvalue weighted by Gasteiger charge is 2.40. The molecule has 2 aliphatic rings. The number of nitriles is 1. The van der Waals surface area contributed by atoms with Gasteiger partial charge in [0.25, 0.3) is 0 Å². The minimum Gasteiger partial charge on any atom is -0.348 e. The second-order valence-corrected chi connectivity index (χ2v) is 5.92. The number of rotatable bonds is 3. The molecule has 5 nitrogen and oxygen atoms in total. The van der Waals surface area contributed by atoms with E-state index in [4.69, 9.17) is 14.7 Å². The molecule has 112 valence electrons. The lowest BCUT2D eigenvalue weighted by molar-refractivity contribution is -0.183. The van der Waals surface area contributed by atoms with Gasteiger partial charge in [0.15, 0.2) is 5.79 Å². The summed E-state index contributed by atoms with van der Waals surface area (Å²) in [6, 6.07) is 6.48. The number of aromatic nitrogens is 1. The fourth-order valence-corrected chi connectivity index (χ4v) is 3.32. The molecule has 0 N–H and O–H groups in total. The highest BCUT2D eigenvalue weighted by atomic mass is 16.7. The number of pyridine rings is 1. The van der Waals surface area contributed by atoms with Gasteiger partial charge in [-0.05, 0) is 37.6 Å². The topological polar surface area (TPSA) is 58.4 Å². The first-order valence-corrected chi connectivity index (χ1v) is 7.54. The summed E-state index contributed by atoms with van der Waals surface area (Å²) >= 11 is 0. The fraction of sp³-hybridized carbons (Fsp3) is 0.625. The average molecular weight is 287 g/mol. The number of hydrogen-bond acceptors (Lipinski definition) is 5. The Bertz CT molecular complexity index is 525. The Balaban J connectivity index is 1.56. The number of nitrogens with zero attached hydrogens (tertiary/aromatic N) is 3. The first-order valence-electron chi connectivity index (χ1n) is 7.54. The second-order valence-electron chi connectivity index (χ2n) is 5.92. The van der Waals surface area contributed by atoms with Gasteiger partial charge < -0.3 is 9.47 Å². The van der Waals surface area contributed by atoms with Crippen molar-refractivity contribution in [2.24, 2.45) is 0 Å². The molecule has 0 radical (unpaired) electrons. The summed E-state index contributed by atoms with van der Waals surface area (Å²) in [6.45, 7) is 2.31. The van der Waals surface area contributed by atoms with Gasteiger partial charge in [-0.25, -0.2) is 4.98 Å². The van der Waals surface area contributed by atoms with Crippen LogP contribution in [0.5, 0.6) is 0 Å². The maximum atomic E-state index is 8.91. The van der Waals surface area contributed by atoms with Gasteiger partial charge in [0.05, 0.1) is 13.2 Å². The number of hydrogen-bond donors (Lipinski definition) is 0. The predicted octanol–water partition coefficient (Wildman–Crippen LogP) is 2.07. The van der Waals surface area contributed by atoms with Gasteiger partial charge in [-0.3, -0.25) is 4.90 Å². The van der Waals surface area contributed by atoms with Crippen LogP contribution in [0.25, 0.3) is 0 Å². The summed E-state index contributed by atoms with van der Waals surface area (Å²) in [6.07, 6.45) is 5.83. The third-order valence-electron chi connectivity index (χ3n) is 4.52. The molecular formula is C16H21N3O2. The zero-order valence-electron chi connectivity index (χ0n) is 12.4. The summed E-state index contributed by atoms with van der Waals surface area (Å²) in [7, 11) is 2.14. The van der Waals surface area contributed by atoms with Gasteiger partial charge in [0, 0.05) is 31.6 Å². The maximum Gasteiger partial charge on any atom is 0.168 e. The van der Waals surface area contributed by atoms with Crippen molar-refractivity contribution in [2.75, 3.05) is 20.3 Å². The second kappa shape index (κ2) is 6.10. The van der Waals surface area contributed by atoms with Crippen LogP contribution in [0.4, 0.5) is 0 Å². The maximum absolute atomic E-state index is 8.91. The minimum atomic E-state index is -0.290. The molecule has 3 rings (SSSR count). The van der Waals surface area contributed by atoms with Gasteiger partial charge in [-0.1, -0.05) is 0 Å². The van der Waals surface area contributed by atoms with Crippen LogP contribution >= 0.6 is 0 Å². The molecule has 1 aromatic heterocycles. The van der Waals surface area contributed by atoms with Crippen molar-refractivity contribution in [3.8, 4) is 6.07 Å². The molecule has 0 unspecified atom stereocenters. The number of ether oxygens (including phenoxy) is 2. The predicted molar refractivity (Wildman–Crippen MR) is 77.3 cm³/mol. The van der Waals surface area contributed by atoms with E-state index < -0.39 is 0 Å². The van der Waals surface area contributed by atoms with Crippen LogP contribution < -0.4 is 0 Å². The molecule has 1 aliphatic heterocycles. The highest BCUT2D eigenvalue weighted by molar-refractivity contribution is 5.25. The molecule has 1 aliphatic carbocycles. The normalized spacial score (nSPS) is 21.8. The standard InChI is InChI=1S/C16H21N3O2/c1-19(12-13-4-7-18-14(10-13)11-17)15-2-5-16(6-3-15)20-8-9-21-16/h4,7,10,15H,2-3,5-6,8-9,12H2,1H3. The monoisotopic (exact) mass is 287 g/mol. The molecule has 1 spiro atoms. The Morgan fingerprint density at radius 3 is 2.76 bits per heavy atom. The minimum absolute atomic E-state index is 0.290. The third-order valence-corrected chi connectivity index (χ3v) is 4.52. The van der Waals surface area contributed by atoms with Crippen molar-refractivity contribution in [3.63, 3.8) is 0 Å². The quantitative estimate of drug-likeness (QED) is 0.852. The first kappa shape index (κ1) is 14.5. The molecule has 0 bridgehead atoms. The molecule has 5 heteroatoms. The Hall–Kier alpha value is -1.48. The van der Waals surface area contributed by atoms with E-state index in [2.05, 4.69) is 23.0 Å². The van der Waals surface area contributed by atoms with Crippen molar-refractivity contribution >= 4 is 0 Å². The molecule has 21 heavy (non-hydrogen) atoms. The lowest BCUT2D eigenvalue weighted by atomic mass is 9.89. The largest absolute Gasteiger partial charge is 0.348 e. The average Bonchev–Trinajstić information content (AvgIpc) is 2.96. The van der Waals surface area contributed by atoms with Crippen molar-refractivity contribution in [3.05, 3.63) is 29.6 Å². The summed E-state index contributed by atoms with van der Waals surface area (Å²) < 4.78 is 11.5. The van der Waals surface area contributed by atoms with E-state index in [1.807, 2.05) is 12.1 Å². The van der Waals surface area contributed by atoms with E-state index in [1.54, 1.807) is 6.20 Å². The smallest absolute Gasteiger partial charge is 0.168 e. The van der Waals surface area contributed by atoms with Gasteiger partial charge in [-0.15, -0.1) is 0 Å². The van der Waals surface area contributed by atoms with Crippen LogP contribution in [-0.4, -0.2) is 42.0 Å². The van der Waals surface area contributed by atoms with Crippen molar-refractivity contribution < 1.29 is 9.47 Å². The molecular weight excluding hydrogens is 266 g/mol. The van der Waals surface area contributed by atoms with Gasteiger partial charge >= 0.3 is 0 Å². The SMILES string of the molecule is CN(Cc1ccnc(C#N)c1)C1CCC2(CC1)OCCO2. The highest BCUT2D eigenvalue weighted by Crippen LogP contribution is 2.37. The third kappa shape index (κ3) is 3.24. The summed E-state index contributed by atoms with van der Waals surface area (Å²) in [5.74, 6) is -0.290. The van der Waals surface area contributed by atoms with Gasteiger partial charge in [0.1, 0.15) is 11.8 Å². The van der Waals surface area contributed by atoms with Gasteiger partial charge in [-0.2, -0.15) is 5.26 Å². The first-order chi connectivity index (χ1) is 10.2. The zero-order valence-corrected chi connectivity index (χ0v) is 12.4. The van der Waals surface area contributed by atoms with Crippen molar-refractivity contribution in [1.82, 2.24) is 9.88 Å². The molecule has 0 atom stereocenters. The Kier molecular flexibility index (Phi) is 4.20. The molecule has 1 saturated heterocycles. The van der Waals surface area contributed by atoms with Crippen LogP contribution in [0.15, 0.2) is 18.3 Å². The van der Waals surface area contributed by atoms with E-state index >= 15 is 0 Å². The van der Waals surface area contributed by atoms with Crippen molar-refractivity contribution in [2.45, 2.75) is 44.1 Å². The van der Waals surface area contributed by atoms with E-state index in [9.17, 15) is 0 Å². The van der Waals surface area contributed by atoms with Crippen LogP contribution in [0.2, 0.25) is 0 Å². The molecule has 1 saturated carbocycles. The molecule has 2 fully saturated rings. The summed E-state index contributed by atoms with van der Waals surface area (Å²) in [4.78, 5) is 6.37. The van der Waals surface area contributed by atoms with E-state index in [1.165, 1.54) is 0 Å². The Morgan fingerprint density at radius 1 is 1.38 bits per heavy atom. The van der Waals surface area contributed by atoms with Crippen LogP contribution in [0.3, 0.4) is 0 Å². The van der Waals surface area contributed by atoms with E-state index in [0.717, 1.165) is 51.0 Å². The van der Waals surface area contributed by atoms with E-state index in [0.29, 0.717) is 11.7 Å². The van der Waals surface area contributed by atoms with Gasteiger partial charge in [0.2, 0.25) is 0 Å². The Morgan fingerprint density at radius 2 is 2.10 bits per heavy atom. The molecule has 1 aromatic rings.